The molecule has 0 N–H and O–H groups in total. The lowest BCUT2D eigenvalue weighted by Crippen LogP contribution is -2.20. The second kappa shape index (κ2) is 5.22. The molecule has 0 spiro atoms. The van der Waals surface area contributed by atoms with E-state index in [4.69, 9.17) is 0 Å². The summed E-state index contributed by atoms with van der Waals surface area (Å²) < 4.78 is 0. The highest BCUT2D eigenvalue weighted by Gasteiger charge is 2.27. The van der Waals surface area contributed by atoms with E-state index in [0.29, 0.717) is 0 Å². The van der Waals surface area contributed by atoms with E-state index >= 15 is 0 Å². The van der Waals surface area contributed by atoms with Crippen LogP contribution in [0.3, 0.4) is 0 Å². The Labute approximate surface area is 119 Å². The molecule has 0 unspecified atom stereocenters. The third kappa shape index (κ3) is 2.08. The first-order chi connectivity index (χ1) is 9.81. The van der Waals surface area contributed by atoms with Crippen molar-refractivity contribution in [2.75, 3.05) is 11.9 Å². The van der Waals surface area contributed by atoms with Gasteiger partial charge in [-0.05, 0) is 17.2 Å². The highest BCUT2D eigenvalue weighted by molar-refractivity contribution is 5.61. The summed E-state index contributed by atoms with van der Waals surface area (Å²) in [7, 11) is 2.04. The Morgan fingerprint density at radius 2 is 1.75 bits per heavy atom. The first kappa shape index (κ1) is 12.5. The van der Waals surface area contributed by atoms with Gasteiger partial charge < -0.3 is 4.90 Å². The van der Waals surface area contributed by atoms with Crippen LogP contribution >= 0.6 is 0 Å². The van der Waals surface area contributed by atoms with Gasteiger partial charge in [-0.3, -0.25) is 0 Å². The Hall–Kier alpha value is -2.53. The fourth-order valence-electron chi connectivity index (χ4n) is 2.81. The molecule has 0 aromatic heterocycles. The van der Waals surface area contributed by atoms with Crippen LogP contribution in [0.25, 0.3) is 0 Å². The second-order valence-corrected chi connectivity index (χ2v) is 5.05. The molecule has 20 heavy (non-hydrogen) atoms. The van der Waals surface area contributed by atoms with Crippen molar-refractivity contribution in [3.63, 3.8) is 0 Å². The predicted octanol–water partition coefficient (Wildman–Crippen LogP) is 4.04. The summed E-state index contributed by atoms with van der Waals surface area (Å²) in [5.41, 5.74) is 3.47. The number of nitriles is 1. The standard InChI is InChI=1S/C18H16N2/c1-20-12-11-15(16-9-5-6-10-18(16)20)17(13-19)14-7-3-2-4-8-14/h2-12,15,17H,1H3/t15-,17+/m0/s1. The molecule has 0 amide bonds. The van der Waals surface area contributed by atoms with Gasteiger partial charge in [0.25, 0.3) is 0 Å². The molecular weight excluding hydrogens is 244 g/mol. The van der Waals surface area contributed by atoms with Crippen LogP contribution in [0.5, 0.6) is 0 Å². The number of fused-ring (bicyclic) bond motifs is 1. The average Bonchev–Trinajstić information content (AvgIpc) is 2.52. The number of rotatable bonds is 2. The van der Waals surface area contributed by atoms with Crippen LogP contribution in [0.1, 0.15) is 23.0 Å². The fraction of sp³-hybridized carbons (Fsp3) is 0.167. The zero-order chi connectivity index (χ0) is 13.9. The van der Waals surface area contributed by atoms with Crippen molar-refractivity contribution in [3.8, 4) is 6.07 Å². The minimum atomic E-state index is -0.151. The van der Waals surface area contributed by atoms with Gasteiger partial charge >= 0.3 is 0 Å². The summed E-state index contributed by atoms with van der Waals surface area (Å²) in [4.78, 5) is 2.10. The average molecular weight is 260 g/mol. The summed E-state index contributed by atoms with van der Waals surface area (Å²) in [6.07, 6.45) is 4.18. The SMILES string of the molecule is CN1C=C[C@H]([C@H](C#N)c2ccccc2)c2ccccc21. The normalized spacial score (nSPS) is 18.2. The molecule has 2 nitrogen and oxygen atoms in total. The van der Waals surface area contributed by atoms with Crippen molar-refractivity contribution >= 4 is 5.69 Å². The van der Waals surface area contributed by atoms with Crippen LogP contribution in [-0.4, -0.2) is 7.05 Å². The number of benzene rings is 2. The molecule has 2 atom stereocenters. The Balaban J connectivity index is 2.06. The number of nitrogens with zero attached hydrogens (tertiary/aromatic N) is 2. The van der Waals surface area contributed by atoms with Gasteiger partial charge in [0.1, 0.15) is 0 Å². The van der Waals surface area contributed by atoms with Crippen molar-refractivity contribution in [3.05, 3.63) is 78.0 Å². The number of hydrogen-bond donors (Lipinski definition) is 0. The first-order valence-electron chi connectivity index (χ1n) is 6.76. The minimum Gasteiger partial charge on any atom is -0.351 e. The zero-order valence-corrected chi connectivity index (χ0v) is 11.4. The van der Waals surface area contributed by atoms with E-state index in [-0.39, 0.29) is 11.8 Å². The van der Waals surface area contributed by atoms with Gasteiger partial charge in [0.15, 0.2) is 0 Å². The Morgan fingerprint density at radius 1 is 1.05 bits per heavy atom. The maximum absolute atomic E-state index is 9.63. The van der Waals surface area contributed by atoms with E-state index in [1.54, 1.807) is 0 Å². The lowest BCUT2D eigenvalue weighted by molar-refractivity contribution is 0.736. The van der Waals surface area contributed by atoms with Crippen molar-refractivity contribution in [1.82, 2.24) is 0 Å². The summed E-state index contributed by atoms with van der Waals surface area (Å²) in [6.45, 7) is 0. The Morgan fingerprint density at radius 3 is 2.50 bits per heavy atom. The number of allylic oxidation sites excluding steroid dienone is 1. The number of anilines is 1. The largest absolute Gasteiger partial charge is 0.351 e. The fourth-order valence-corrected chi connectivity index (χ4v) is 2.81. The topological polar surface area (TPSA) is 27.0 Å². The lowest BCUT2D eigenvalue weighted by Gasteiger charge is -2.30. The molecule has 2 aromatic carbocycles. The van der Waals surface area contributed by atoms with Gasteiger partial charge in [0.05, 0.1) is 12.0 Å². The van der Waals surface area contributed by atoms with Gasteiger partial charge in [-0.15, -0.1) is 0 Å². The van der Waals surface area contributed by atoms with Crippen LogP contribution in [0.15, 0.2) is 66.9 Å². The van der Waals surface area contributed by atoms with E-state index in [1.807, 2.05) is 49.5 Å². The van der Waals surface area contributed by atoms with Crippen LogP contribution in [0.2, 0.25) is 0 Å². The smallest absolute Gasteiger partial charge is 0.0817 e. The quantitative estimate of drug-likeness (QED) is 0.814. The van der Waals surface area contributed by atoms with Gasteiger partial charge in [-0.25, -0.2) is 0 Å². The van der Waals surface area contributed by atoms with Crippen molar-refractivity contribution in [1.29, 1.82) is 5.26 Å². The molecular formula is C18H16N2. The molecule has 98 valence electrons. The Bertz CT molecular complexity index is 667. The van der Waals surface area contributed by atoms with E-state index < -0.39 is 0 Å². The molecule has 0 bridgehead atoms. The molecule has 0 fully saturated rings. The third-order valence-corrected chi connectivity index (χ3v) is 3.85. The molecule has 1 heterocycles. The highest BCUT2D eigenvalue weighted by atomic mass is 15.1. The van der Waals surface area contributed by atoms with E-state index in [1.165, 1.54) is 11.3 Å². The third-order valence-electron chi connectivity index (χ3n) is 3.85. The van der Waals surface area contributed by atoms with Gasteiger partial charge in [0, 0.05) is 24.9 Å². The van der Waals surface area contributed by atoms with Crippen LogP contribution in [0, 0.1) is 11.3 Å². The molecule has 0 aliphatic carbocycles. The monoisotopic (exact) mass is 260 g/mol. The molecule has 1 aliphatic rings. The summed E-state index contributed by atoms with van der Waals surface area (Å²) in [6, 6.07) is 20.8. The van der Waals surface area contributed by atoms with Crippen molar-refractivity contribution in [2.24, 2.45) is 0 Å². The minimum absolute atomic E-state index is 0.106. The first-order valence-corrected chi connectivity index (χ1v) is 6.76. The summed E-state index contributed by atoms with van der Waals surface area (Å²) in [5.74, 6) is -0.0444. The van der Waals surface area contributed by atoms with E-state index in [0.717, 1.165) is 5.56 Å². The van der Waals surface area contributed by atoms with Crippen LogP contribution in [0.4, 0.5) is 5.69 Å². The number of hydrogen-bond acceptors (Lipinski definition) is 2. The maximum atomic E-state index is 9.63. The molecule has 0 saturated carbocycles. The Kier molecular flexibility index (Phi) is 3.26. The highest BCUT2D eigenvalue weighted by Crippen LogP contribution is 2.40. The van der Waals surface area contributed by atoms with E-state index in [2.05, 4.69) is 35.4 Å². The predicted molar refractivity (Wildman–Crippen MR) is 81.5 cm³/mol. The van der Waals surface area contributed by atoms with Gasteiger partial charge in [-0.2, -0.15) is 5.26 Å². The molecule has 2 aromatic rings. The molecule has 2 heteroatoms. The maximum Gasteiger partial charge on any atom is 0.0817 e. The molecule has 1 aliphatic heterocycles. The molecule has 3 rings (SSSR count). The van der Waals surface area contributed by atoms with Gasteiger partial charge in [-0.1, -0.05) is 54.6 Å². The summed E-state index contributed by atoms with van der Waals surface area (Å²) >= 11 is 0. The van der Waals surface area contributed by atoms with E-state index in [9.17, 15) is 5.26 Å². The molecule has 0 radical (unpaired) electrons. The number of para-hydroxylation sites is 1. The molecule has 0 saturated heterocycles. The van der Waals surface area contributed by atoms with Gasteiger partial charge in [0.2, 0.25) is 0 Å². The van der Waals surface area contributed by atoms with Crippen LogP contribution in [-0.2, 0) is 0 Å². The van der Waals surface area contributed by atoms with Crippen LogP contribution < -0.4 is 4.90 Å². The van der Waals surface area contributed by atoms with Crippen molar-refractivity contribution in [2.45, 2.75) is 11.8 Å². The zero-order valence-electron chi connectivity index (χ0n) is 11.4. The second-order valence-electron chi connectivity index (χ2n) is 5.05. The summed E-state index contributed by atoms with van der Waals surface area (Å²) in [5, 5.41) is 9.63. The van der Waals surface area contributed by atoms with Crippen molar-refractivity contribution < 1.29 is 0 Å². The lowest BCUT2D eigenvalue weighted by atomic mass is 9.80.